The Kier molecular flexibility index (Phi) is 3.41. The van der Waals surface area contributed by atoms with E-state index in [4.69, 9.17) is 5.53 Å². The highest BCUT2D eigenvalue weighted by molar-refractivity contribution is 4.94. The van der Waals surface area contributed by atoms with E-state index in [0.29, 0.717) is 12.5 Å². The molecule has 0 amide bonds. The Balaban J connectivity index is 2.74. The van der Waals surface area contributed by atoms with Crippen LogP contribution in [-0.2, 0) is 0 Å². The highest BCUT2D eigenvalue weighted by Gasteiger charge is 2.12. The number of rotatable bonds is 4. The highest BCUT2D eigenvalue weighted by atomic mass is 15.2. The van der Waals surface area contributed by atoms with Crippen molar-refractivity contribution in [3.63, 3.8) is 0 Å². The van der Waals surface area contributed by atoms with Crippen molar-refractivity contribution < 1.29 is 0 Å². The second-order valence-corrected chi connectivity index (χ2v) is 3.36. The number of aromatic nitrogens is 1. The fourth-order valence-corrected chi connectivity index (χ4v) is 1.34. The molecule has 1 aromatic heterocycles. The van der Waals surface area contributed by atoms with Gasteiger partial charge in [-0.25, -0.2) is 0 Å². The van der Waals surface area contributed by atoms with E-state index >= 15 is 0 Å². The van der Waals surface area contributed by atoms with Crippen LogP contribution in [0.5, 0.6) is 0 Å². The van der Waals surface area contributed by atoms with Gasteiger partial charge in [0.25, 0.3) is 0 Å². The monoisotopic (exact) mass is 178 g/mol. The first kappa shape index (κ1) is 9.68. The van der Waals surface area contributed by atoms with Gasteiger partial charge in [-0.2, -0.15) is 0 Å². The first-order valence-electron chi connectivity index (χ1n) is 4.39. The van der Waals surface area contributed by atoms with Gasteiger partial charge in [-0.3, -0.25) is 0 Å². The van der Waals surface area contributed by atoms with Crippen molar-refractivity contribution in [1.82, 2.24) is 4.57 Å². The number of nitrogens with zero attached hydrogens (tertiary/aromatic N) is 4. The minimum atomic E-state index is 0.269. The van der Waals surface area contributed by atoms with E-state index in [9.17, 15) is 0 Å². The van der Waals surface area contributed by atoms with Gasteiger partial charge in [0.2, 0.25) is 0 Å². The molecule has 0 saturated heterocycles. The summed E-state index contributed by atoms with van der Waals surface area (Å²) in [5.74, 6) is 0.470. The molecule has 0 spiro atoms. The summed E-state index contributed by atoms with van der Waals surface area (Å²) in [7, 11) is 0. The van der Waals surface area contributed by atoms with Crippen molar-refractivity contribution >= 4 is 0 Å². The van der Waals surface area contributed by atoms with Gasteiger partial charge >= 0.3 is 0 Å². The van der Waals surface area contributed by atoms with Crippen LogP contribution in [0, 0.1) is 5.92 Å². The minimum absolute atomic E-state index is 0.269. The summed E-state index contributed by atoms with van der Waals surface area (Å²) in [6, 6.07) is 4.22. The van der Waals surface area contributed by atoms with Crippen molar-refractivity contribution in [2.24, 2.45) is 11.0 Å². The molecule has 0 fully saturated rings. The van der Waals surface area contributed by atoms with Crippen LogP contribution in [0.4, 0.5) is 0 Å². The van der Waals surface area contributed by atoms with Crippen LogP contribution in [0.15, 0.2) is 29.6 Å². The molecule has 70 valence electrons. The lowest BCUT2D eigenvalue weighted by atomic mass is 10.0. The van der Waals surface area contributed by atoms with Crippen LogP contribution < -0.4 is 0 Å². The quantitative estimate of drug-likeness (QED) is 0.386. The zero-order chi connectivity index (χ0) is 9.68. The topological polar surface area (TPSA) is 53.7 Å². The van der Waals surface area contributed by atoms with Gasteiger partial charge in [-0.05, 0) is 23.6 Å². The minimum Gasteiger partial charge on any atom is -0.351 e. The molecular formula is C9H14N4. The second kappa shape index (κ2) is 4.58. The van der Waals surface area contributed by atoms with Crippen molar-refractivity contribution in [3.8, 4) is 0 Å². The molecule has 0 aromatic carbocycles. The third-order valence-electron chi connectivity index (χ3n) is 2.11. The molecule has 4 nitrogen and oxygen atoms in total. The number of hydrogen-bond acceptors (Lipinski definition) is 1. The Labute approximate surface area is 77.8 Å². The lowest BCUT2D eigenvalue weighted by Crippen LogP contribution is -2.16. The fourth-order valence-electron chi connectivity index (χ4n) is 1.34. The molecule has 0 aliphatic heterocycles. The summed E-state index contributed by atoms with van der Waals surface area (Å²) < 4.78 is 2.08. The summed E-state index contributed by atoms with van der Waals surface area (Å²) in [5, 5.41) is 3.61. The third-order valence-corrected chi connectivity index (χ3v) is 2.11. The van der Waals surface area contributed by atoms with Gasteiger partial charge in [-0.15, -0.1) is 0 Å². The maximum absolute atomic E-state index is 8.24. The first-order chi connectivity index (χ1) is 6.25. The molecule has 0 unspecified atom stereocenters. The van der Waals surface area contributed by atoms with E-state index in [-0.39, 0.29) is 6.04 Å². The van der Waals surface area contributed by atoms with E-state index in [0.717, 1.165) is 0 Å². The average Bonchev–Trinajstić information content (AvgIpc) is 2.57. The third kappa shape index (κ3) is 2.53. The molecule has 0 N–H and O–H groups in total. The SMILES string of the molecule is CC(C)[C@@H](CN=[N+]=[N-])n1cccc1. The smallest absolute Gasteiger partial charge is 0.0468 e. The van der Waals surface area contributed by atoms with E-state index in [1.54, 1.807) is 0 Å². The highest BCUT2D eigenvalue weighted by Crippen LogP contribution is 2.17. The van der Waals surface area contributed by atoms with Gasteiger partial charge < -0.3 is 4.57 Å². The van der Waals surface area contributed by atoms with Crippen LogP contribution in [0.25, 0.3) is 10.4 Å². The van der Waals surface area contributed by atoms with Crippen molar-refractivity contribution in [2.75, 3.05) is 6.54 Å². The predicted octanol–water partition coefficient (Wildman–Crippen LogP) is 3.00. The largest absolute Gasteiger partial charge is 0.351 e. The van der Waals surface area contributed by atoms with Gasteiger partial charge in [0, 0.05) is 29.9 Å². The van der Waals surface area contributed by atoms with Crippen molar-refractivity contribution in [3.05, 3.63) is 35.0 Å². The fraction of sp³-hybridized carbons (Fsp3) is 0.556. The van der Waals surface area contributed by atoms with E-state index in [1.807, 2.05) is 24.5 Å². The Morgan fingerprint density at radius 2 is 2.00 bits per heavy atom. The van der Waals surface area contributed by atoms with Crippen LogP contribution in [-0.4, -0.2) is 11.1 Å². The lowest BCUT2D eigenvalue weighted by molar-refractivity contribution is 0.386. The summed E-state index contributed by atoms with van der Waals surface area (Å²) in [6.07, 6.45) is 4.00. The van der Waals surface area contributed by atoms with E-state index in [1.165, 1.54) is 0 Å². The molecule has 1 rings (SSSR count). The van der Waals surface area contributed by atoms with Crippen molar-refractivity contribution in [1.29, 1.82) is 0 Å². The molecule has 0 aliphatic rings. The molecule has 0 saturated carbocycles. The second-order valence-electron chi connectivity index (χ2n) is 3.36. The Bertz CT molecular complexity index is 283. The van der Waals surface area contributed by atoms with Crippen LogP contribution >= 0.6 is 0 Å². The average molecular weight is 178 g/mol. The number of azide groups is 1. The molecule has 0 bridgehead atoms. The zero-order valence-electron chi connectivity index (χ0n) is 7.96. The molecule has 1 aromatic rings. The van der Waals surface area contributed by atoms with Crippen LogP contribution in [0.3, 0.4) is 0 Å². The van der Waals surface area contributed by atoms with Gasteiger partial charge in [-0.1, -0.05) is 19.0 Å². The summed E-state index contributed by atoms with van der Waals surface area (Å²) in [4.78, 5) is 2.78. The summed E-state index contributed by atoms with van der Waals surface area (Å²) >= 11 is 0. The van der Waals surface area contributed by atoms with Gasteiger partial charge in [0.05, 0.1) is 0 Å². The van der Waals surface area contributed by atoms with E-state index in [2.05, 4.69) is 28.4 Å². The molecule has 1 heterocycles. The lowest BCUT2D eigenvalue weighted by Gasteiger charge is -2.20. The van der Waals surface area contributed by atoms with E-state index < -0.39 is 0 Å². The Morgan fingerprint density at radius 1 is 1.38 bits per heavy atom. The molecule has 1 atom stereocenters. The molecule has 0 radical (unpaired) electrons. The Morgan fingerprint density at radius 3 is 2.46 bits per heavy atom. The first-order valence-corrected chi connectivity index (χ1v) is 4.39. The molecule has 4 heteroatoms. The van der Waals surface area contributed by atoms with Crippen LogP contribution in [0.2, 0.25) is 0 Å². The summed E-state index contributed by atoms with van der Waals surface area (Å²) in [5.41, 5.74) is 8.24. The predicted molar refractivity (Wildman–Crippen MR) is 52.3 cm³/mol. The molecular weight excluding hydrogens is 164 g/mol. The normalized spacial score (nSPS) is 12.5. The van der Waals surface area contributed by atoms with Crippen LogP contribution in [0.1, 0.15) is 19.9 Å². The van der Waals surface area contributed by atoms with Gasteiger partial charge in [0.15, 0.2) is 0 Å². The Hall–Kier alpha value is -1.41. The standard InChI is InChI=1S/C9H14N4/c1-8(2)9(7-11-12-10)13-5-3-4-6-13/h3-6,8-9H,7H2,1-2H3/t9-/m1/s1. The van der Waals surface area contributed by atoms with Crippen molar-refractivity contribution in [2.45, 2.75) is 19.9 Å². The maximum atomic E-state index is 8.24. The number of hydrogen-bond donors (Lipinski definition) is 0. The molecule has 13 heavy (non-hydrogen) atoms. The van der Waals surface area contributed by atoms with Gasteiger partial charge in [0.1, 0.15) is 0 Å². The molecule has 0 aliphatic carbocycles. The zero-order valence-corrected chi connectivity index (χ0v) is 7.96. The maximum Gasteiger partial charge on any atom is 0.0468 e. The summed E-state index contributed by atoms with van der Waals surface area (Å²) in [6.45, 7) is 4.76.